The third kappa shape index (κ3) is 2.02. The van der Waals surface area contributed by atoms with Crippen LogP contribution in [0.2, 0.25) is 5.02 Å². The maximum atomic E-state index is 6.13. The lowest BCUT2D eigenvalue weighted by Crippen LogP contribution is -2.36. The molecule has 1 heterocycles. The van der Waals surface area contributed by atoms with Crippen molar-refractivity contribution in [3.8, 4) is 5.75 Å². The molecule has 0 atom stereocenters. The normalized spacial score (nSPS) is 16.4. The van der Waals surface area contributed by atoms with Crippen LogP contribution in [0.1, 0.15) is 12.0 Å². The van der Waals surface area contributed by atoms with Crippen LogP contribution in [0.25, 0.3) is 0 Å². The average molecular weight is 212 g/mol. The predicted molar refractivity (Wildman–Crippen MR) is 57.9 cm³/mol. The summed E-state index contributed by atoms with van der Waals surface area (Å²) in [5.41, 5.74) is 1.19. The first-order valence-corrected chi connectivity index (χ1v) is 5.22. The van der Waals surface area contributed by atoms with Crippen LogP contribution < -0.4 is 4.74 Å². The van der Waals surface area contributed by atoms with Crippen molar-refractivity contribution in [2.24, 2.45) is 0 Å². The van der Waals surface area contributed by atoms with Crippen molar-refractivity contribution in [3.05, 3.63) is 28.8 Å². The number of hydrogen-bond acceptors (Lipinski definition) is 2. The quantitative estimate of drug-likeness (QED) is 0.762. The average Bonchev–Trinajstić information content (AvgIpc) is 2.13. The van der Waals surface area contributed by atoms with Gasteiger partial charge in [0.05, 0.1) is 7.11 Å². The largest absolute Gasteiger partial charge is 0.497 e. The lowest BCUT2D eigenvalue weighted by molar-refractivity contribution is 0.172. The highest BCUT2D eigenvalue weighted by Crippen LogP contribution is 2.24. The lowest BCUT2D eigenvalue weighted by Gasteiger charge is -2.30. The Balaban J connectivity index is 2.09. The summed E-state index contributed by atoms with van der Waals surface area (Å²) in [6.07, 6.45) is 1.31. The number of rotatable bonds is 3. The van der Waals surface area contributed by atoms with Gasteiger partial charge in [0.1, 0.15) is 5.75 Å². The number of likely N-dealkylation sites (tertiary alicyclic amines) is 1. The van der Waals surface area contributed by atoms with E-state index in [1.54, 1.807) is 7.11 Å². The van der Waals surface area contributed by atoms with Crippen molar-refractivity contribution in [3.63, 3.8) is 0 Å². The molecule has 0 aliphatic carbocycles. The second-order valence-corrected chi connectivity index (χ2v) is 3.99. The molecule has 1 aliphatic rings. The molecule has 76 valence electrons. The molecule has 3 heteroatoms. The van der Waals surface area contributed by atoms with E-state index in [0.717, 1.165) is 17.3 Å². The Morgan fingerprint density at radius 3 is 2.71 bits per heavy atom. The van der Waals surface area contributed by atoms with Gasteiger partial charge in [-0.2, -0.15) is 0 Å². The molecule has 1 aromatic rings. The summed E-state index contributed by atoms with van der Waals surface area (Å²) in [5, 5.41) is 0.802. The van der Waals surface area contributed by atoms with Crippen molar-refractivity contribution in [1.29, 1.82) is 0 Å². The van der Waals surface area contributed by atoms with Gasteiger partial charge in [-0.1, -0.05) is 17.7 Å². The van der Waals surface area contributed by atoms with Gasteiger partial charge >= 0.3 is 0 Å². The van der Waals surface area contributed by atoms with Gasteiger partial charge in [0.15, 0.2) is 0 Å². The molecular formula is C11H14ClNO. The summed E-state index contributed by atoms with van der Waals surface area (Å²) in [5.74, 6) is 0.822. The van der Waals surface area contributed by atoms with Gasteiger partial charge in [0.2, 0.25) is 0 Å². The van der Waals surface area contributed by atoms with E-state index in [1.165, 1.54) is 25.1 Å². The maximum absolute atomic E-state index is 6.13. The topological polar surface area (TPSA) is 12.5 Å². The third-order valence-electron chi connectivity index (χ3n) is 2.60. The maximum Gasteiger partial charge on any atom is 0.120 e. The fourth-order valence-corrected chi connectivity index (χ4v) is 1.79. The van der Waals surface area contributed by atoms with Gasteiger partial charge < -0.3 is 4.74 Å². The highest BCUT2D eigenvalue weighted by atomic mass is 35.5. The molecule has 0 spiro atoms. The Hall–Kier alpha value is -0.730. The summed E-state index contributed by atoms with van der Waals surface area (Å²) in [4.78, 5) is 2.38. The van der Waals surface area contributed by atoms with Crippen LogP contribution in [-0.4, -0.2) is 25.1 Å². The van der Waals surface area contributed by atoms with Crippen LogP contribution in [0.5, 0.6) is 5.75 Å². The number of methoxy groups -OCH3 is 1. The zero-order valence-corrected chi connectivity index (χ0v) is 9.05. The second-order valence-electron chi connectivity index (χ2n) is 3.59. The van der Waals surface area contributed by atoms with E-state index in [9.17, 15) is 0 Å². The van der Waals surface area contributed by atoms with Crippen LogP contribution in [-0.2, 0) is 6.54 Å². The highest BCUT2D eigenvalue weighted by Gasteiger charge is 2.15. The molecular weight excluding hydrogens is 198 g/mol. The lowest BCUT2D eigenvalue weighted by atomic mass is 10.1. The smallest absolute Gasteiger partial charge is 0.120 e. The molecule has 1 aliphatic heterocycles. The van der Waals surface area contributed by atoms with Gasteiger partial charge in [0.25, 0.3) is 0 Å². The molecule has 0 aromatic heterocycles. The summed E-state index contributed by atoms with van der Waals surface area (Å²) in [7, 11) is 1.65. The summed E-state index contributed by atoms with van der Waals surface area (Å²) in [6, 6.07) is 5.87. The molecule has 1 aromatic carbocycles. The number of ether oxygens (including phenoxy) is 1. The Morgan fingerprint density at radius 2 is 2.21 bits per heavy atom. The van der Waals surface area contributed by atoms with Crippen molar-refractivity contribution in [2.75, 3.05) is 20.2 Å². The van der Waals surface area contributed by atoms with Crippen LogP contribution in [0, 0.1) is 0 Å². The van der Waals surface area contributed by atoms with E-state index < -0.39 is 0 Å². The fraction of sp³-hybridized carbons (Fsp3) is 0.455. The number of halogens is 1. The van der Waals surface area contributed by atoms with Gasteiger partial charge in [0, 0.05) is 11.6 Å². The van der Waals surface area contributed by atoms with Crippen LogP contribution in [0.4, 0.5) is 0 Å². The van der Waals surface area contributed by atoms with Gasteiger partial charge in [-0.25, -0.2) is 0 Å². The summed E-state index contributed by atoms with van der Waals surface area (Å²) >= 11 is 6.13. The third-order valence-corrected chi connectivity index (χ3v) is 2.95. The molecule has 2 rings (SSSR count). The van der Waals surface area contributed by atoms with E-state index in [-0.39, 0.29) is 0 Å². The van der Waals surface area contributed by atoms with Gasteiger partial charge in [-0.15, -0.1) is 0 Å². The van der Waals surface area contributed by atoms with E-state index in [0.29, 0.717) is 0 Å². The van der Waals surface area contributed by atoms with Gasteiger partial charge in [-0.3, -0.25) is 4.90 Å². The van der Waals surface area contributed by atoms with Crippen molar-refractivity contribution in [1.82, 2.24) is 4.90 Å². The molecule has 0 saturated carbocycles. The van der Waals surface area contributed by atoms with Crippen LogP contribution in [0.3, 0.4) is 0 Å². The molecule has 0 radical (unpaired) electrons. The minimum Gasteiger partial charge on any atom is -0.497 e. The number of benzene rings is 1. The number of hydrogen-bond donors (Lipinski definition) is 0. The van der Waals surface area contributed by atoms with E-state index in [4.69, 9.17) is 16.3 Å². The molecule has 1 saturated heterocycles. The Labute approximate surface area is 89.4 Å². The van der Waals surface area contributed by atoms with Crippen LogP contribution >= 0.6 is 11.6 Å². The first kappa shape index (κ1) is 9.81. The van der Waals surface area contributed by atoms with E-state index >= 15 is 0 Å². The summed E-state index contributed by atoms with van der Waals surface area (Å²) < 4.78 is 5.10. The molecule has 0 N–H and O–H groups in total. The monoisotopic (exact) mass is 211 g/mol. The summed E-state index contributed by atoms with van der Waals surface area (Å²) in [6.45, 7) is 3.35. The van der Waals surface area contributed by atoms with Crippen LogP contribution in [0.15, 0.2) is 18.2 Å². The SMILES string of the molecule is COc1ccc(CN2CCC2)c(Cl)c1. The Bertz CT molecular complexity index is 323. The Morgan fingerprint density at radius 1 is 1.43 bits per heavy atom. The molecule has 1 fully saturated rings. The van der Waals surface area contributed by atoms with Crippen molar-refractivity contribution in [2.45, 2.75) is 13.0 Å². The molecule has 2 nitrogen and oxygen atoms in total. The van der Waals surface area contributed by atoms with E-state index in [2.05, 4.69) is 4.90 Å². The molecule has 0 bridgehead atoms. The molecule has 14 heavy (non-hydrogen) atoms. The number of nitrogens with zero attached hydrogens (tertiary/aromatic N) is 1. The predicted octanol–water partition coefficient (Wildman–Crippen LogP) is 2.55. The first-order chi connectivity index (χ1) is 6.79. The minimum absolute atomic E-state index is 0.802. The zero-order chi connectivity index (χ0) is 9.97. The molecule has 0 unspecified atom stereocenters. The first-order valence-electron chi connectivity index (χ1n) is 4.84. The Kier molecular flexibility index (Phi) is 2.94. The minimum atomic E-state index is 0.802. The fourth-order valence-electron chi connectivity index (χ4n) is 1.56. The van der Waals surface area contributed by atoms with Gasteiger partial charge in [-0.05, 0) is 37.2 Å². The standard InChI is InChI=1S/C11H14ClNO/c1-14-10-4-3-9(11(12)7-10)8-13-5-2-6-13/h3-4,7H,2,5-6,8H2,1H3. The van der Waals surface area contributed by atoms with Crippen molar-refractivity contribution >= 4 is 11.6 Å². The molecule has 0 amide bonds. The van der Waals surface area contributed by atoms with Crippen molar-refractivity contribution < 1.29 is 4.74 Å². The second kappa shape index (κ2) is 4.20. The van der Waals surface area contributed by atoms with E-state index in [1.807, 2.05) is 18.2 Å². The zero-order valence-electron chi connectivity index (χ0n) is 8.29. The highest BCUT2D eigenvalue weighted by molar-refractivity contribution is 6.31.